The van der Waals surface area contributed by atoms with Crippen LogP contribution in [0.4, 0.5) is 5.69 Å². The normalized spacial score (nSPS) is 20.6. The van der Waals surface area contributed by atoms with Crippen molar-refractivity contribution in [2.24, 2.45) is 39.4 Å². The van der Waals surface area contributed by atoms with Gasteiger partial charge in [-0.05, 0) is 57.6 Å². The zero-order chi connectivity index (χ0) is 28.0. The minimum atomic E-state index is -0.429. The van der Waals surface area contributed by atoms with Gasteiger partial charge in [0.15, 0.2) is 0 Å². The third kappa shape index (κ3) is 5.29. The Bertz CT molecular complexity index is 1090. The average Bonchev–Trinajstić information content (AvgIpc) is 3.09. The first-order valence-electron chi connectivity index (χ1n) is 13.9. The second kappa shape index (κ2) is 10.0. The van der Waals surface area contributed by atoms with E-state index in [4.69, 9.17) is 0 Å². The maximum Gasteiger partial charge on any atom is 0.238 e. The molecule has 0 aromatic heterocycles. The number of carbonyl (C=O) groups excluding carboxylic acids is 2. The summed E-state index contributed by atoms with van der Waals surface area (Å²) in [6.45, 7) is 24.7. The Hall–Kier alpha value is -2.42. The molecule has 0 bridgehead atoms. The summed E-state index contributed by atoms with van der Waals surface area (Å²) in [5.74, 6) is -0.125. The lowest BCUT2D eigenvalue weighted by molar-refractivity contribution is -0.133. The maximum absolute atomic E-state index is 14.2. The van der Waals surface area contributed by atoms with Crippen LogP contribution in [0.25, 0.3) is 0 Å². The highest BCUT2D eigenvalue weighted by Crippen LogP contribution is 2.59. The molecule has 1 saturated heterocycles. The van der Waals surface area contributed by atoms with Crippen molar-refractivity contribution < 1.29 is 9.59 Å². The molecule has 1 fully saturated rings. The van der Waals surface area contributed by atoms with Gasteiger partial charge in [-0.1, -0.05) is 125 Å². The van der Waals surface area contributed by atoms with Gasteiger partial charge in [0.05, 0.1) is 17.5 Å². The molecule has 3 nitrogen and oxygen atoms in total. The van der Waals surface area contributed by atoms with Gasteiger partial charge in [0.2, 0.25) is 11.8 Å². The van der Waals surface area contributed by atoms with Gasteiger partial charge in [0.1, 0.15) is 0 Å². The van der Waals surface area contributed by atoms with Crippen LogP contribution in [-0.4, -0.2) is 11.8 Å². The highest BCUT2D eigenvalue weighted by atomic mass is 16.2. The monoisotopic (exact) mass is 503 g/mol. The van der Waals surface area contributed by atoms with Gasteiger partial charge in [-0.15, -0.1) is 0 Å². The summed E-state index contributed by atoms with van der Waals surface area (Å²) < 4.78 is 0. The van der Waals surface area contributed by atoms with Crippen LogP contribution < -0.4 is 4.90 Å². The minimum absolute atomic E-state index is 0.0592. The van der Waals surface area contributed by atoms with Gasteiger partial charge >= 0.3 is 0 Å². The van der Waals surface area contributed by atoms with E-state index in [1.54, 1.807) is 0 Å². The lowest BCUT2D eigenvalue weighted by atomic mass is 9.51. The van der Waals surface area contributed by atoms with Gasteiger partial charge in [-0.2, -0.15) is 0 Å². The van der Waals surface area contributed by atoms with E-state index < -0.39 is 11.3 Å². The summed E-state index contributed by atoms with van der Waals surface area (Å²) in [5, 5.41) is 0. The van der Waals surface area contributed by atoms with Crippen molar-refractivity contribution in [2.45, 2.75) is 88.5 Å². The first-order valence-corrected chi connectivity index (χ1v) is 13.9. The molecule has 37 heavy (non-hydrogen) atoms. The Kier molecular flexibility index (Phi) is 7.91. The van der Waals surface area contributed by atoms with Crippen LogP contribution in [0.3, 0.4) is 0 Å². The van der Waals surface area contributed by atoms with Crippen molar-refractivity contribution in [1.29, 1.82) is 0 Å². The van der Waals surface area contributed by atoms with Crippen LogP contribution in [0.15, 0.2) is 60.7 Å². The lowest BCUT2D eigenvalue weighted by Crippen LogP contribution is -2.48. The molecule has 202 valence electrons. The molecule has 3 unspecified atom stereocenters. The molecule has 3 rings (SSSR count). The molecule has 1 aliphatic heterocycles. The molecular formula is C34H49NO2. The zero-order valence-corrected chi connectivity index (χ0v) is 25.1. The fourth-order valence-electron chi connectivity index (χ4n) is 6.19. The van der Waals surface area contributed by atoms with Crippen LogP contribution in [0, 0.1) is 39.4 Å². The highest BCUT2D eigenvalue weighted by molar-refractivity contribution is 6.22. The summed E-state index contributed by atoms with van der Waals surface area (Å²) in [5.41, 5.74) is 1.08. The molecule has 2 aromatic rings. The van der Waals surface area contributed by atoms with E-state index in [1.165, 1.54) is 10.5 Å². The summed E-state index contributed by atoms with van der Waals surface area (Å²) in [6.07, 6.45) is 0.926. The molecule has 0 saturated carbocycles. The van der Waals surface area contributed by atoms with Crippen LogP contribution in [0.2, 0.25) is 0 Å². The van der Waals surface area contributed by atoms with Gasteiger partial charge in [-0.3, -0.25) is 14.5 Å². The molecule has 2 amide bonds. The second-order valence-corrected chi connectivity index (χ2v) is 14.4. The third-order valence-corrected chi connectivity index (χ3v) is 10.1. The summed E-state index contributed by atoms with van der Waals surface area (Å²) in [4.78, 5) is 29.6. The highest BCUT2D eigenvalue weighted by Gasteiger charge is 2.61. The Labute approximate surface area is 226 Å². The molecule has 3 heteroatoms. The smallest absolute Gasteiger partial charge is 0.238 e. The average molecular weight is 504 g/mol. The quantitative estimate of drug-likeness (QED) is 0.338. The van der Waals surface area contributed by atoms with Crippen molar-refractivity contribution in [3.8, 4) is 0 Å². The number of rotatable bonds is 8. The topological polar surface area (TPSA) is 37.4 Å². The summed E-state index contributed by atoms with van der Waals surface area (Å²) >= 11 is 0. The number of nitrogens with zero attached hydrogens (tertiary/aromatic N) is 1. The number of carbonyl (C=O) groups is 2. The summed E-state index contributed by atoms with van der Waals surface area (Å²) in [6, 6.07) is 20.3. The Morgan fingerprint density at radius 3 is 1.62 bits per heavy atom. The molecule has 0 aliphatic carbocycles. The van der Waals surface area contributed by atoms with Crippen LogP contribution in [-0.2, 0) is 9.59 Å². The predicted octanol–water partition coefficient (Wildman–Crippen LogP) is 8.75. The Morgan fingerprint density at radius 1 is 0.703 bits per heavy atom. The van der Waals surface area contributed by atoms with Crippen LogP contribution in [0.1, 0.15) is 94.1 Å². The molecule has 0 N–H and O–H groups in total. The minimum Gasteiger partial charge on any atom is -0.274 e. The molecule has 1 aliphatic rings. The largest absolute Gasteiger partial charge is 0.274 e. The maximum atomic E-state index is 14.2. The first-order chi connectivity index (χ1) is 16.9. The molecule has 1 heterocycles. The first kappa shape index (κ1) is 29.1. The predicted molar refractivity (Wildman–Crippen MR) is 155 cm³/mol. The van der Waals surface area contributed by atoms with E-state index in [0.717, 1.165) is 6.42 Å². The van der Waals surface area contributed by atoms with Crippen LogP contribution in [0.5, 0.6) is 0 Å². The number of hydrogen-bond donors (Lipinski definition) is 0. The number of amides is 2. The van der Waals surface area contributed by atoms with E-state index in [9.17, 15) is 9.59 Å². The number of hydrogen-bond acceptors (Lipinski definition) is 2. The standard InChI is InChI=1S/C34H49NO2/c1-23(2)33(8,9)26(24-18-14-12-15-19-24)22-32(6,7)34(10,11)28-27(31(3,4)5)29(36)35(30(28)37)25-20-16-13-17-21-25/h12-21,23,26-28H,22H2,1-11H3. The molecule has 0 radical (unpaired) electrons. The van der Waals surface area contributed by atoms with Crippen molar-refractivity contribution in [3.05, 3.63) is 66.2 Å². The van der Waals surface area contributed by atoms with Gasteiger partial charge in [0.25, 0.3) is 0 Å². The van der Waals surface area contributed by atoms with Crippen molar-refractivity contribution >= 4 is 17.5 Å². The Morgan fingerprint density at radius 2 is 1.16 bits per heavy atom. The zero-order valence-electron chi connectivity index (χ0n) is 25.1. The number of imide groups is 1. The van der Waals surface area contributed by atoms with E-state index in [2.05, 4.69) is 106 Å². The van der Waals surface area contributed by atoms with E-state index in [0.29, 0.717) is 17.5 Å². The SMILES string of the molecule is CC(C)C(C)(C)C(CC(C)(C)C(C)(C)C1C(=O)N(c2ccccc2)C(=O)C1C(C)(C)C)c1ccccc1. The molecular weight excluding hydrogens is 454 g/mol. The number of para-hydroxylation sites is 1. The molecule has 3 atom stereocenters. The van der Waals surface area contributed by atoms with Crippen LogP contribution >= 0.6 is 0 Å². The van der Waals surface area contributed by atoms with Crippen molar-refractivity contribution in [3.63, 3.8) is 0 Å². The fourth-order valence-corrected chi connectivity index (χ4v) is 6.19. The fraction of sp³-hybridized carbons (Fsp3) is 0.588. The van der Waals surface area contributed by atoms with Crippen molar-refractivity contribution in [2.75, 3.05) is 4.90 Å². The van der Waals surface area contributed by atoms with Gasteiger partial charge in [0, 0.05) is 0 Å². The number of anilines is 1. The van der Waals surface area contributed by atoms with Crippen molar-refractivity contribution in [1.82, 2.24) is 0 Å². The van der Waals surface area contributed by atoms with Gasteiger partial charge < -0.3 is 0 Å². The van der Waals surface area contributed by atoms with E-state index in [-0.39, 0.29) is 34.0 Å². The molecule has 2 aromatic carbocycles. The van der Waals surface area contributed by atoms with E-state index in [1.807, 2.05) is 30.3 Å². The Balaban J connectivity index is 2.10. The third-order valence-electron chi connectivity index (χ3n) is 10.1. The second-order valence-electron chi connectivity index (χ2n) is 14.4. The number of benzene rings is 2. The summed E-state index contributed by atoms with van der Waals surface area (Å²) in [7, 11) is 0. The van der Waals surface area contributed by atoms with E-state index >= 15 is 0 Å². The van der Waals surface area contributed by atoms with Gasteiger partial charge in [-0.25, -0.2) is 0 Å². The lowest BCUT2D eigenvalue weighted by Gasteiger charge is -2.51. The molecule has 0 spiro atoms.